The predicted octanol–water partition coefficient (Wildman–Crippen LogP) is 4.94. The van der Waals surface area contributed by atoms with Crippen LogP contribution in [0.4, 0.5) is 5.69 Å². The van der Waals surface area contributed by atoms with E-state index in [9.17, 15) is 4.79 Å². The van der Waals surface area contributed by atoms with E-state index in [1.165, 1.54) is 12.8 Å². The number of imidazole rings is 1. The summed E-state index contributed by atoms with van der Waals surface area (Å²) < 4.78 is 13.4. The van der Waals surface area contributed by atoms with E-state index in [4.69, 9.17) is 14.5 Å². The van der Waals surface area contributed by atoms with Crippen LogP contribution in [0.1, 0.15) is 42.9 Å². The lowest BCUT2D eigenvalue weighted by Crippen LogP contribution is -2.12. The second kappa shape index (κ2) is 9.03. The van der Waals surface area contributed by atoms with Crippen LogP contribution in [0.25, 0.3) is 11.3 Å². The van der Waals surface area contributed by atoms with Crippen molar-refractivity contribution in [2.24, 2.45) is 0 Å². The quantitative estimate of drug-likeness (QED) is 0.605. The van der Waals surface area contributed by atoms with Crippen LogP contribution in [0.5, 0.6) is 11.5 Å². The highest BCUT2D eigenvalue weighted by molar-refractivity contribution is 6.04. The van der Waals surface area contributed by atoms with Crippen LogP contribution in [-0.2, 0) is 13.0 Å². The van der Waals surface area contributed by atoms with Gasteiger partial charge in [0.2, 0.25) is 0 Å². The number of carbonyl (C=O) groups excluding carboxylic acids is 1. The third-order valence-corrected chi connectivity index (χ3v) is 5.13. The molecule has 0 saturated heterocycles. The minimum atomic E-state index is -0.194. The molecule has 6 heteroatoms. The van der Waals surface area contributed by atoms with E-state index in [1.54, 1.807) is 18.2 Å². The average Bonchev–Trinajstić information content (AvgIpc) is 3.20. The SMILES string of the molecule is CCOc1ccc(C(=O)Nc2cccc(-c3cn4c(n3)CCCC4)c2)cc1OCC. The van der Waals surface area contributed by atoms with Gasteiger partial charge in [0, 0.05) is 36.0 Å². The minimum Gasteiger partial charge on any atom is -0.490 e. The van der Waals surface area contributed by atoms with Crippen LogP contribution in [0.2, 0.25) is 0 Å². The van der Waals surface area contributed by atoms with Crippen molar-refractivity contribution in [2.45, 2.75) is 39.7 Å². The largest absolute Gasteiger partial charge is 0.490 e. The van der Waals surface area contributed by atoms with Crippen molar-refractivity contribution >= 4 is 11.6 Å². The molecule has 0 saturated carbocycles. The van der Waals surface area contributed by atoms with Gasteiger partial charge in [0.05, 0.1) is 18.9 Å². The Morgan fingerprint density at radius 1 is 1.07 bits per heavy atom. The first-order chi connectivity index (χ1) is 14.7. The van der Waals surface area contributed by atoms with Gasteiger partial charge in [0.25, 0.3) is 5.91 Å². The number of hydrogen-bond acceptors (Lipinski definition) is 4. The number of aromatic nitrogens is 2. The molecule has 1 amide bonds. The maximum absolute atomic E-state index is 12.8. The van der Waals surface area contributed by atoms with E-state index in [2.05, 4.69) is 16.1 Å². The molecule has 2 aromatic carbocycles. The Hall–Kier alpha value is -3.28. The number of amides is 1. The summed E-state index contributed by atoms with van der Waals surface area (Å²) >= 11 is 0. The highest BCUT2D eigenvalue weighted by Gasteiger charge is 2.15. The molecule has 1 aliphatic heterocycles. The molecular weight excluding hydrogens is 378 g/mol. The standard InChI is InChI=1S/C24H27N3O3/c1-3-29-21-12-11-18(15-22(21)30-4-2)24(28)25-19-9-7-8-17(14-19)20-16-27-13-6-5-10-23(27)26-20/h7-9,11-12,14-16H,3-6,10,13H2,1-2H3,(H,25,28). The number of carbonyl (C=O) groups is 1. The molecule has 2 heterocycles. The molecule has 0 bridgehead atoms. The smallest absolute Gasteiger partial charge is 0.255 e. The Kier molecular flexibility index (Phi) is 6.02. The summed E-state index contributed by atoms with van der Waals surface area (Å²) in [7, 11) is 0. The molecule has 156 valence electrons. The fourth-order valence-corrected chi connectivity index (χ4v) is 3.70. The monoisotopic (exact) mass is 405 g/mol. The third-order valence-electron chi connectivity index (χ3n) is 5.13. The van der Waals surface area contributed by atoms with Gasteiger partial charge in [0.15, 0.2) is 11.5 Å². The lowest BCUT2D eigenvalue weighted by Gasteiger charge is -2.12. The van der Waals surface area contributed by atoms with Gasteiger partial charge < -0.3 is 19.4 Å². The first kappa shape index (κ1) is 20.0. The lowest BCUT2D eigenvalue weighted by molar-refractivity contribution is 0.102. The molecule has 3 aromatic rings. The molecule has 6 nitrogen and oxygen atoms in total. The van der Waals surface area contributed by atoms with Gasteiger partial charge in [-0.1, -0.05) is 12.1 Å². The summed E-state index contributed by atoms with van der Waals surface area (Å²) in [5, 5.41) is 2.98. The van der Waals surface area contributed by atoms with Gasteiger partial charge >= 0.3 is 0 Å². The third kappa shape index (κ3) is 4.32. The van der Waals surface area contributed by atoms with Crippen LogP contribution < -0.4 is 14.8 Å². The number of aryl methyl sites for hydroxylation is 2. The normalized spacial score (nSPS) is 12.9. The molecule has 0 radical (unpaired) electrons. The predicted molar refractivity (Wildman–Crippen MR) is 117 cm³/mol. The number of nitrogens with zero attached hydrogens (tertiary/aromatic N) is 2. The number of nitrogens with one attached hydrogen (secondary N) is 1. The molecule has 0 unspecified atom stereocenters. The molecule has 1 N–H and O–H groups in total. The Morgan fingerprint density at radius 2 is 1.90 bits per heavy atom. The average molecular weight is 405 g/mol. The fourth-order valence-electron chi connectivity index (χ4n) is 3.70. The van der Waals surface area contributed by atoms with Crippen molar-refractivity contribution in [3.63, 3.8) is 0 Å². The molecule has 30 heavy (non-hydrogen) atoms. The molecule has 0 spiro atoms. The first-order valence-corrected chi connectivity index (χ1v) is 10.6. The second-order valence-corrected chi connectivity index (χ2v) is 7.26. The van der Waals surface area contributed by atoms with Gasteiger partial charge in [-0.2, -0.15) is 0 Å². The van der Waals surface area contributed by atoms with E-state index < -0.39 is 0 Å². The van der Waals surface area contributed by atoms with Crippen molar-refractivity contribution < 1.29 is 14.3 Å². The van der Waals surface area contributed by atoms with Crippen LogP contribution in [0.15, 0.2) is 48.7 Å². The summed E-state index contributed by atoms with van der Waals surface area (Å²) in [4.78, 5) is 17.6. The molecule has 4 rings (SSSR count). The van der Waals surface area contributed by atoms with E-state index in [0.717, 1.165) is 35.7 Å². The summed E-state index contributed by atoms with van der Waals surface area (Å²) in [6.07, 6.45) is 5.52. The summed E-state index contributed by atoms with van der Waals surface area (Å²) in [5.74, 6) is 2.16. The molecular formula is C24H27N3O3. The highest BCUT2D eigenvalue weighted by atomic mass is 16.5. The Labute approximate surface area is 176 Å². The summed E-state index contributed by atoms with van der Waals surface area (Å²) in [6.45, 7) is 5.89. The van der Waals surface area contributed by atoms with Gasteiger partial charge in [-0.15, -0.1) is 0 Å². The van der Waals surface area contributed by atoms with Crippen LogP contribution in [-0.4, -0.2) is 28.7 Å². The first-order valence-electron chi connectivity index (χ1n) is 10.6. The van der Waals surface area contributed by atoms with Crippen molar-refractivity contribution in [3.05, 3.63) is 60.0 Å². The molecule has 0 fully saturated rings. The van der Waals surface area contributed by atoms with Crippen LogP contribution in [0.3, 0.4) is 0 Å². The molecule has 1 aliphatic rings. The van der Waals surface area contributed by atoms with Crippen molar-refractivity contribution in [1.29, 1.82) is 0 Å². The molecule has 0 aliphatic carbocycles. The summed E-state index contributed by atoms with van der Waals surface area (Å²) in [5.41, 5.74) is 3.19. The van der Waals surface area contributed by atoms with E-state index >= 15 is 0 Å². The fraction of sp³-hybridized carbons (Fsp3) is 0.333. The Morgan fingerprint density at radius 3 is 2.70 bits per heavy atom. The lowest BCUT2D eigenvalue weighted by atomic mass is 10.1. The zero-order valence-corrected chi connectivity index (χ0v) is 17.5. The van der Waals surface area contributed by atoms with Gasteiger partial charge in [-0.25, -0.2) is 4.98 Å². The van der Waals surface area contributed by atoms with Gasteiger partial charge in [0.1, 0.15) is 5.82 Å². The van der Waals surface area contributed by atoms with Crippen LogP contribution >= 0.6 is 0 Å². The van der Waals surface area contributed by atoms with E-state index in [-0.39, 0.29) is 5.91 Å². The second-order valence-electron chi connectivity index (χ2n) is 7.26. The zero-order valence-electron chi connectivity index (χ0n) is 17.5. The topological polar surface area (TPSA) is 65.4 Å². The van der Waals surface area contributed by atoms with Crippen molar-refractivity contribution in [1.82, 2.24) is 9.55 Å². The number of anilines is 1. The highest BCUT2D eigenvalue weighted by Crippen LogP contribution is 2.29. The van der Waals surface area contributed by atoms with Crippen molar-refractivity contribution in [3.8, 4) is 22.8 Å². The molecule has 1 aromatic heterocycles. The minimum absolute atomic E-state index is 0.194. The Balaban J connectivity index is 1.53. The number of fused-ring (bicyclic) bond motifs is 1. The maximum Gasteiger partial charge on any atom is 0.255 e. The summed E-state index contributed by atoms with van der Waals surface area (Å²) in [6, 6.07) is 13.0. The Bertz CT molecular complexity index is 1020. The van der Waals surface area contributed by atoms with E-state index in [1.807, 2.05) is 38.1 Å². The van der Waals surface area contributed by atoms with Crippen LogP contribution in [0, 0.1) is 0 Å². The maximum atomic E-state index is 12.8. The van der Waals surface area contributed by atoms with Gasteiger partial charge in [-0.05, 0) is 57.0 Å². The van der Waals surface area contributed by atoms with Crippen molar-refractivity contribution in [2.75, 3.05) is 18.5 Å². The number of hydrogen-bond donors (Lipinski definition) is 1. The van der Waals surface area contributed by atoms with Gasteiger partial charge in [-0.3, -0.25) is 4.79 Å². The van der Waals surface area contributed by atoms with E-state index in [0.29, 0.717) is 30.3 Å². The number of benzene rings is 2. The zero-order chi connectivity index (χ0) is 20.9. The number of rotatable bonds is 7. The molecule has 0 atom stereocenters. The number of ether oxygens (including phenoxy) is 2.